The second kappa shape index (κ2) is 7.26. The van der Waals surface area contributed by atoms with E-state index in [0.29, 0.717) is 23.1 Å². The van der Waals surface area contributed by atoms with Gasteiger partial charge in [0.2, 0.25) is 0 Å². The fraction of sp³-hybridized carbons (Fsp3) is 0.167. The first-order valence-electron chi connectivity index (χ1n) is 8.34. The lowest BCUT2D eigenvalue weighted by Crippen LogP contribution is -2.31. The van der Waals surface area contributed by atoms with Crippen LogP contribution >= 0.6 is 11.6 Å². The van der Waals surface area contributed by atoms with E-state index in [1.807, 2.05) is 0 Å². The predicted molar refractivity (Wildman–Crippen MR) is 103 cm³/mol. The number of aromatic nitrogens is 3. The molecule has 0 aliphatic carbocycles. The second-order valence-corrected chi connectivity index (χ2v) is 6.48. The number of fused-ring (bicyclic) bond motifs is 1. The molecule has 1 aliphatic heterocycles. The predicted octanol–water partition coefficient (Wildman–Crippen LogP) is 2.38. The molecule has 1 atom stereocenters. The molecule has 1 amide bonds. The maximum Gasteiger partial charge on any atom is 0.268 e. The fourth-order valence-electron chi connectivity index (χ4n) is 2.98. The summed E-state index contributed by atoms with van der Waals surface area (Å²) in [6.45, 7) is 0.339. The van der Waals surface area contributed by atoms with Crippen molar-refractivity contribution in [1.29, 1.82) is 0 Å². The highest BCUT2D eigenvalue weighted by molar-refractivity contribution is 6.30. The summed E-state index contributed by atoms with van der Waals surface area (Å²) in [6.07, 6.45) is 3.19. The number of hydrogen-bond donors (Lipinski definition) is 5. The molecule has 0 saturated carbocycles. The number of benzene rings is 1. The molecule has 0 spiro atoms. The molecule has 0 radical (unpaired) electrons. The molecular formula is C18H17ClN6O2. The Hall–Kier alpha value is -3.10. The zero-order chi connectivity index (χ0) is 18.8. The molecule has 1 aromatic carbocycles. The van der Waals surface area contributed by atoms with Gasteiger partial charge in [0.1, 0.15) is 23.4 Å². The minimum atomic E-state index is -0.558. The van der Waals surface area contributed by atoms with Crippen molar-refractivity contribution in [2.24, 2.45) is 0 Å². The van der Waals surface area contributed by atoms with Gasteiger partial charge < -0.3 is 26.0 Å². The first kappa shape index (κ1) is 17.3. The van der Waals surface area contributed by atoms with Crippen LogP contribution in [-0.2, 0) is 0 Å². The molecule has 3 aromatic rings. The minimum absolute atomic E-state index is 0.241. The van der Waals surface area contributed by atoms with E-state index >= 15 is 0 Å². The Labute approximate surface area is 160 Å². The highest BCUT2D eigenvalue weighted by Crippen LogP contribution is 2.33. The second-order valence-electron chi connectivity index (χ2n) is 6.04. The summed E-state index contributed by atoms with van der Waals surface area (Å²) in [4.78, 5) is 24.0. The van der Waals surface area contributed by atoms with E-state index in [2.05, 4.69) is 30.9 Å². The molecule has 4 rings (SSSR count). The lowest BCUT2D eigenvalue weighted by Gasteiger charge is -2.16. The van der Waals surface area contributed by atoms with Crippen molar-refractivity contribution in [3.63, 3.8) is 0 Å². The lowest BCUT2D eigenvalue weighted by molar-refractivity contribution is 0.0912. The molecule has 2 aromatic heterocycles. The molecule has 138 valence electrons. The third-order valence-electron chi connectivity index (χ3n) is 4.31. The van der Waals surface area contributed by atoms with E-state index in [-0.39, 0.29) is 12.5 Å². The van der Waals surface area contributed by atoms with E-state index in [0.717, 1.165) is 22.6 Å². The molecule has 1 aliphatic rings. The van der Waals surface area contributed by atoms with Gasteiger partial charge in [0, 0.05) is 16.8 Å². The molecule has 27 heavy (non-hydrogen) atoms. The van der Waals surface area contributed by atoms with E-state index < -0.39 is 6.04 Å². The maximum absolute atomic E-state index is 12.6. The molecule has 3 heterocycles. The van der Waals surface area contributed by atoms with Crippen molar-refractivity contribution in [2.75, 3.05) is 23.9 Å². The number of nitrogens with zero attached hydrogens (tertiary/aromatic N) is 2. The number of rotatable bonds is 5. The van der Waals surface area contributed by atoms with Crippen LogP contribution < -0.4 is 16.0 Å². The maximum atomic E-state index is 12.6. The van der Waals surface area contributed by atoms with Crippen LogP contribution in [0.2, 0.25) is 5.02 Å². The Morgan fingerprint density at radius 1 is 1.30 bits per heavy atom. The topological polar surface area (TPSA) is 115 Å². The third-order valence-corrected chi connectivity index (χ3v) is 4.54. The van der Waals surface area contributed by atoms with Gasteiger partial charge >= 0.3 is 0 Å². The number of hydrogen-bond acceptors (Lipinski definition) is 6. The van der Waals surface area contributed by atoms with E-state index in [9.17, 15) is 9.90 Å². The monoisotopic (exact) mass is 384 g/mol. The van der Waals surface area contributed by atoms with Crippen molar-refractivity contribution in [3.8, 4) is 11.3 Å². The van der Waals surface area contributed by atoms with E-state index in [4.69, 9.17) is 11.6 Å². The van der Waals surface area contributed by atoms with Crippen molar-refractivity contribution in [2.45, 2.75) is 6.04 Å². The Balaban J connectivity index is 1.55. The van der Waals surface area contributed by atoms with Crippen molar-refractivity contribution < 1.29 is 9.90 Å². The number of nitrogens with one attached hydrogen (secondary N) is 4. The van der Waals surface area contributed by atoms with Crippen LogP contribution in [0.25, 0.3) is 11.3 Å². The molecule has 0 saturated heterocycles. The Morgan fingerprint density at radius 3 is 3.00 bits per heavy atom. The van der Waals surface area contributed by atoms with Crippen molar-refractivity contribution in [1.82, 2.24) is 20.3 Å². The first-order chi connectivity index (χ1) is 13.2. The summed E-state index contributed by atoms with van der Waals surface area (Å²) >= 11 is 5.99. The van der Waals surface area contributed by atoms with Crippen LogP contribution in [0.1, 0.15) is 22.1 Å². The SMILES string of the molecule is O=C(N[C@H](CO)c1cccc(Cl)c1)c1cc(-c2ncnc3c2NCN3)c[nH]1. The van der Waals surface area contributed by atoms with E-state index in [1.54, 1.807) is 36.5 Å². The molecule has 5 N–H and O–H groups in total. The summed E-state index contributed by atoms with van der Waals surface area (Å²) in [5.41, 5.74) is 3.36. The molecule has 0 bridgehead atoms. The third kappa shape index (κ3) is 3.44. The molecular weight excluding hydrogens is 368 g/mol. The van der Waals surface area contributed by atoms with Gasteiger partial charge in [0.25, 0.3) is 5.91 Å². The first-order valence-corrected chi connectivity index (χ1v) is 8.72. The van der Waals surface area contributed by atoms with Gasteiger partial charge in [-0.3, -0.25) is 4.79 Å². The molecule has 0 fully saturated rings. The zero-order valence-electron chi connectivity index (χ0n) is 14.2. The summed E-state index contributed by atoms with van der Waals surface area (Å²) < 4.78 is 0. The number of halogens is 1. The summed E-state index contributed by atoms with van der Waals surface area (Å²) in [6, 6.07) is 8.18. The number of carbonyl (C=O) groups excluding carboxylic acids is 1. The molecule has 9 heteroatoms. The van der Waals surface area contributed by atoms with Crippen LogP contribution in [0.15, 0.2) is 42.9 Å². The van der Waals surface area contributed by atoms with Gasteiger partial charge in [-0.05, 0) is 23.8 Å². The van der Waals surface area contributed by atoms with Crippen LogP contribution in [0, 0.1) is 0 Å². The van der Waals surface area contributed by atoms with Crippen molar-refractivity contribution >= 4 is 29.0 Å². The smallest absolute Gasteiger partial charge is 0.268 e. The number of aliphatic hydroxyl groups excluding tert-OH is 1. The van der Waals surface area contributed by atoms with Crippen LogP contribution in [0.4, 0.5) is 11.5 Å². The number of H-pyrrole nitrogens is 1. The number of amides is 1. The van der Waals surface area contributed by atoms with Crippen LogP contribution in [0.5, 0.6) is 0 Å². The molecule has 0 unspecified atom stereocenters. The highest BCUT2D eigenvalue weighted by Gasteiger charge is 2.20. The standard InChI is InChI=1S/C18H17ClN6O2/c19-12-3-1-2-10(4-12)14(7-26)25-18(27)13-5-11(6-20-13)15-16-17(23-8-21-15)24-9-22-16/h1-6,8,14,20,22,26H,7,9H2,(H,25,27)(H,21,23,24)/t14-/m1/s1. The number of aliphatic hydroxyl groups is 1. The van der Waals surface area contributed by atoms with Gasteiger partial charge in [-0.25, -0.2) is 9.97 Å². The quantitative estimate of drug-likeness (QED) is 0.461. The van der Waals surface area contributed by atoms with Crippen LogP contribution in [0.3, 0.4) is 0 Å². The highest BCUT2D eigenvalue weighted by atomic mass is 35.5. The largest absolute Gasteiger partial charge is 0.394 e. The van der Waals surface area contributed by atoms with Gasteiger partial charge in [-0.15, -0.1) is 0 Å². The minimum Gasteiger partial charge on any atom is -0.394 e. The summed E-state index contributed by atoms with van der Waals surface area (Å²) in [7, 11) is 0. The van der Waals surface area contributed by atoms with E-state index in [1.165, 1.54) is 6.33 Å². The normalized spacial score (nSPS) is 13.4. The number of aromatic amines is 1. The number of carbonyl (C=O) groups is 1. The summed E-state index contributed by atoms with van der Waals surface area (Å²) in [5, 5.41) is 19.3. The van der Waals surface area contributed by atoms with Gasteiger partial charge in [0.15, 0.2) is 5.82 Å². The molecule has 8 nitrogen and oxygen atoms in total. The van der Waals surface area contributed by atoms with Gasteiger partial charge in [-0.1, -0.05) is 23.7 Å². The van der Waals surface area contributed by atoms with Gasteiger partial charge in [-0.2, -0.15) is 0 Å². The fourth-order valence-corrected chi connectivity index (χ4v) is 3.18. The number of anilines is 2. The Kier molecular flexibility index (Phi) is 4.66. The Bertz CT molecular complexity index is 989. The van der Waals surface area contributed by atoms with Crippen LogP contribution in [-0.4, -0.2) is 39.2 Å². The average molecular weight is 385 g/mol. The lowest BCUT2D eigenvalue weighted by atomic mass is 10.1. The zero-order valence-corrected chi connectivity index (χ0v) is 14.9. The Morgan fingerprint density at radius 2 is 2.19 bits per heavy atom. The summed E-state index contributed by atoms with van der Waals surface area (Å²) in [5.74, 6) is 0.394. The van der Waals surface area contributed by atoms with Crippen molar-refractivity contribution in [3.05, 3.63) is 59.1 Å². The average Bonchev–Trinajstić information content (AvgIpc) is 3.35. The van der Waals surface area contributed by atoms with Gasteiger partial charge in [0.05, 0.1) is 19.3 Å².